The minimum atomic E-state index is 0.0368. The first kappa shape index (κ1) is 18.4. The summed E-state index contributed by atoms with van der Waals surface area (Å²) in [6.07, 6.45) is 4.01. The quantitative estimate of drug-likeness (QED) is 0.800. The van der Waals surface area contributed by atoms with Crippen LogP contribution in [-0.2, 0) is 0 Å². The third kappa shape index (κ3) is 2.97. The van der Waals surface area contributed by atoms with E-state index in [0.29, 0.717) is 29.3 Å². The standard InChI is InChI=1S/C23H27N3O3/c1-28-17-7-5-15(6-8-17)19-14-26(20-16-9-12-25(13-10-16)21(19)20)23(27)18-4-3-11-24-22(18)29-2/h3-8,11,16,19-21H,9-10,12-14H2,1-2H3/t19-,20+,21+/m0/s1. The number of aromatic nitrogens is 1. The second-order valence-electron chi connectivity index (χ2n) is 8.25. The van der Waals surface area contributed by atoms with Crippen LogP contribution in [0.25, 0.3) is 0 Å². The van der Waals surface area contributed by atoms with Gasteiger partial charge in [-0.2, -0.15) is 0 Å². The molecule has 4 aliphatic rings. The number of ether oxygens (including phenoxy) is 2. The second kappa shape index (κ2) is 7.34. The van der Waals surface area contributed by atoms with Crippen molar-refractivity contribution >= 4 is 5.91 Å². The van der Waals surface area contributed by atoms with Gasteiger partial charge in [0.15, 0.2) is 0 Å². The maximum absolute atomic E-state index is 13.6. The van der Waals surface area contributed by atoms with Crippen molar-refractivity contribution < 1.29 is 14.3 Å². The zero-order valence-corrected chi connectivity index (χ0v) is 17.0. The van der Waals surface area contributed by atoms with Gasteiger partial charge in [0.05, 0.1) is 20.3 Å². The van der Waals surface area contributed by atoms with Crippen molar-refractivity contribution in [1.29, 1.82) is 0 Å². The van der Waals surface area contributed by atoms with Crippen molar-refractivity contribution in [3.63, 3.8) is 0 Å². The fourth-order valence-corrected chi connectivity index (χ4v) is 5.67. The Balaban J connectivity index is 1.51. The Morgan fingerprint density at radius 3 is 2.48 bits per heavy atom. The van der Waals surface area contributed by atoms with Gasteiger partial charge >= 0.3 is 0 Å². The zero-order chi connectivity index (χ0) is 20.0. The third-order valence-electron chi connectivity index (χ3n) is 6.99. The topological polar surface area (TPSA) is 54.9 Å². The molecule has 6 rings (SSSR count). The molecule has 0 aliphatic carbocycles. The lowest BCUT2D eigenvalue weighted by Crippen LogP contribution is -2.60. The van der Waals surface area contributed by atoms with E-state index >= 15 is 0 Å². The Morgan fingerprint density at radius 1 is 1.03 bits per heavy atom. The number of hydrogen-bond donors (Lipinski definition) is 0. The van der Waals surface area contributed by atoms with Crippen LogP contribution in [-0.4, -0.2) is 66.6 Å². The number of methoxy groups -OCH3 is 2. The first-order valence-electron chi connectivity index (χ1n) is 10.4. The van der Waals surface area contributed by atoms with Crippen molar-refractivity contribution in [2.45, 2.75) is 30.8 Å². The smallest absolute Gasteiger partial charge is 0.259 e. The van der Waals surface area contributed by atoms with Crippen molar-refractivity contribution in [2.75, 3.05) is 33.9 Å². The molecule has 0 saturated carbocycles. The first-order chi connectivity index (χ1) is 14.2. The van der Waals surface area contributed by atoms with Gasteiger partial charge in [-0.1, -0.05) is 12.1 Å². The number of piperidine rings is 3. The van der Waals surface area contributed by atoms with Gasteiger partial charge < -0.3 is 14.4 Å². The zero-order valence-electron chi connectivity index (χ0n) is 17.0. The Hall–Kier alpha value is -2.60. The van der Waals surface area contributed by atoms with E-state index in [1.54, 1.807) is 26.5 Å². The van der Waals surface area contributed by atoms with E-state index < -0.39 is 0 Å². The fraction of sp³-hybridized carbons (Fsp3) is 0.478. The molecule has 2 aromatic rings. The second-order valence-corrected chi connectivity index (χ2v) is 8.25. The van der Waals surface area contributed by atoms with Crippen LogP contribution < -0.4 is 9.47 Å². The van der Waals surface area contributed by atoms with Crippen LogP contribution in [0, 0.1) is 5.92 Å². The average Bonchev–Trinajstić information content (AvgIpc) is 3.22. The number of pyridine rings is 1. The number of carbonyl (C=O) groups is 1. The van der Waals surface area contributed by atoms with E-state index in [9.17, 15) is 4.79 Å². The summed E-state index contributed by atoms with van der Waals surface area (Å²) in [4.78, 5) is 22.6. The number of likely N-dealkylation sites (tertiary alicyclic amines) is 1. The van der Waals surface area contributed by atoms with Gasteiger partial charge in [0.25, 0.3) is 5.91 Å². The van der Waals surface area contributed by atoms with Crippen LogP contribution in [0.4, 0.5) is 0 Å². The van der Waals surface area contributed by atoms with E-state index in [2.05, 4.69) is 26.9 Å². The van der Waals surface area contributed by atoms with Crippen LogP contribution in [0.15, 0.2) is 42.6 Å². The highest BCUT2D eigenvalue weighted by atomic mass is 16.5. The van der Waals surface area contributed by atoms with Crippen molar-refractivity contribution in [3.05, 3.63) is 53.7 Å². The largest absolute Gasteiger partial charge is 0.497 e. The lowest BCUT2D eigenvalue weighted by atomic mass is 9.75. The molecule has 152 valence electrons. The van der Waals surface area contributed by atoms with E-state index in [4.69, 9.17) is 9.47 Å². The number of rotatable bonds is 4. The third-order valence-corrected chi connectivity index (χ3v) is 6.99. The molecular formula is C23H27N3O3. The van der Waals surface area contributed by atoms with Gasteiger partial charge in [0, 0.05) is 24.7 Å². The van der Waals surface area contributed by atoms with Crippen LogP contribution in [0.5, 0.6) is 11.6 Å². The molecule has 0 N–H and O–H groups in total. The van der Waals surface area contributed by atoms with Crippen molar-refractivity contribution in [3.8, 4) is 11.6 Å². The van der Waals surface area contributed by atoms with E-state index in [1.807, 2.05) is 18.2 Å². The van der Waals surface area contributed by atoms with Gasteiger partial charge in [-0.25, -0.2) is 4.98 Å². The number of nitrogens with zero attached hydrogens (tertiary/aromatic N) is 3. The minimum Gasteiger partial charge on any atom is -0.497 e. The van der Waals surface area contributed by atoms with E-state index in [-0.39, 0.29) is 11.9 Å². The summed E-state index contributed by atoms with van der Waals surface area (Å²) in [6, 6.07) is 12.6. The Morgan fingerprint density at radius 2 is 1.79 bits per heavy atom. The first-order valence-corrected chi connectivity index (χ1v) is 10.4. The molecule has 1 amide bonds. The Labute approximate surface area is 171 Å². The molecule has 1 aromatic heterocycles. The van der Waals surface area contributed by atoms with Gasteiger partial charge in [0.2, 0.25) is 5.88 Å². The van der Waals surface area contributed by atoms with Crippen LogP contribution in [0.3, 0.4) is 0 Å². The molecule has 5 heterocycles. The van der Waals surface area contributed by atoms with Crippen molar-refractivity contribution in [1.82, 2.24) is 14.8 Å². The molecule has 29 heavy (non-hydrogen) atoms. The number of fused-ring (bicyclic) bond motifs is 2. The monoisotopic (exact) mass is 393 g/mol. The molecule has 0 radical (unpaired) electrons. The summed E-state index contributed by atoms with van der Waals surface area (Å²) in [5.74, 6) is 2.18. The maximum Gasteiger partial charge on any atom is 0.259 e. The average molecular weight is 393 g/mol. The summed E-state index contributed by atoms with van der Waals surface area (Å²) in [6.45, 7) is 3.00. The summed E-state index contributed by atoms with van der Waals surface area (Å²) in [5.41, 5.74) is 1.84. The van der Waals surface area contributed by atoms with Crippen LogP contribution >= 0.6 is 0 Å². The number of hydrogen-bond acceptors (Lipinski definition) is 5. The molecule has 4 saturated heterocycles. The normalized spacial score (nSPS) is 30.1. The van der Waals surface area contributed by atoms with Gasteiger partial charge in [-0.05, 0) is 61.7 Å². The Kier molecular flexibility index (Phi) is 4.66. The maximum atomic E-state index is 13.6. The summed E-state index contributed by atoms with van der Waals surface area (Å²) in [5, 5.41) is 0. The highest BCUT2D eigenvalue weighted by Crippen LogP contribution is 2.47. The number of carbonyl (C=O) groups excluding carboxylic acids is 1. The van der Waals surface area contributed by atoms with Crippen LogP contribution in [0.1, 0.15) is 34.7 Å². The molecule has 0 spiro atoms. The predicted molar refractivity (Wildman–Crippen MR) is 109 cm³/mol. The Bertz CT molecular complexity index is 892. The molecule has 1 aromatic carbocycles. The predicted octanol–water partition coefficient (Wildman–Crippen LogP) is 2.80. The lowest BCUT2D eigenvalue weighted by molar-refractivity contribution is -0.00351. The molecule has 6 nitrogen and oxygen atoms in total. The van der Waals surface area contributed by atoms with E-state index in [0.717, 1.165) is 25.4 Å². The summed E-state index contributed by atoms with van der Waals surface area (Å²) < 4.78 is 10.7. The molecular weight excluding hydrogens is 366 g/mol. The molecule has 0 unspecified atom stereocenters. The molecule has 4 aliphatic heterocycles. The van der Waals surface area contributed by atoms with Crippen LogP contribution in [0.2, 0.25) is 0 Å². The fourth-order valence-electron chi connectivity index (χ4n) is 5.67. The van der Waals surface area contributed by atoms with E-state index in [1.165, 1.54) is 18.4 Å². The number of benzene rings is 1. The van der Waals surface area contributed by atoms with Crippen molar-refractivity contribution in [2.24, 2.45) is 5.92 Å². The summed E-state index contributed by atoms with van der Waals surface area (Å²) >= 11 is 0. The SMILES string of the molecule is COc1ccc([C@@H]2CN(C(=O)c3cccnc3OC)[C@@H]3C4CCN(CC4)[C@@H]32)cc1. The van der Waals surface area contributed by atoms with Gasteiger partial charge in [-0.15, -0.1) is 0 Å². The molecule has 4 fully saturated rings. The van der Waals surface area contributed by atoms with Gasteiger partial charge in [-0.3, -0.25) is 9.69 Å². The lowest BCUT2D eigenvalue weighted by Gasteiger charge is -2.51. The summed E-state index contributed by atoms with van der Waals surface area (Å²) in [7, 11) is 3.26. The molecule has 2 bridgehead atoms. The number of amides is 1. The highest BCUT2D eigenvalue weighted by molar-refractivity contribution is 5.97. The highest BCUT2D eigenvalue weighted by Gasteiger charge is 2.54. The minimum absolute atomic E-state index is 0.0368. The molecule has 6 heteroatoms. The molecule has 3 atom stereocenters. The van der Waals surface area contributed by atoms with Gasteiger partial charge in [0.1, 0.15) is 11.3 Å².